The van der Waals surface area contributed by atoms with Gasteiger partial charge >= 0.3 is 0 Å². The molecule has 0 bridgehead atoms. The summed E-state index contributed by atoms with van der Waals surface area (Å²) in [6.45, 7) is 0.919. The second-order valence-electron chi connectivity index (χ2n) is 4.18. The molecule has 0 amide bonds. The summed E-state index contributed by atoms with van der Waals surface area (Å²) in [6.07, 6.45) is 2.68. The first-order chi connectivity index (χ1) is 9.51. The van der Waals surface area contributed by atoms with Crippen molar-refractivity contribution in [1.82, 2.24) is 14.5 Å². The Hall–Kier alpha value is -1.77. The monoisotopic (exact) mass is 298 g/mol. The third kappa shape index (κ3) is 3.62. The van der Waals surface area contributed by atoms with Crippen LogP contribution in [0.4, 0.5) is 4.39 Å². The smallest absolute Gasteiger partial charge is 0.243 e. The van der Waals surface area contributed by atoms with Crippen molar-refractivity contribution in [3.05, 3.63) is 48.0 Å². The molecule has 0 radical (unpaired) electrons. The van der Waals surface area contributed by atoms with Crippen molar-refractivity contribution in [3.63, 3.8) is 0 Å². The van der Waals surface area contributed by atoms with Gasteiger partial charge in [-0.3, -0.25) is 4.68 Å². The summed E-state index contributed by atoms with van der Waals surface area (Å²) in [5, 5.41) is 3.91. The zero-order valence-corrected chi connectivity index (χ0v) is 11.5. The van der Waals surface area contributed by atoms with E-state index in [1.807, 2.05) is 0 Å². The van der Waals surface area contributed by atoms with Crippen LogP contribution in [0.1, 0.15) is 5.56 Å². The molecule has 1 aromatic carbocycles. The first kappa shape index (κ1) is 14.6. The van der Waals surface area contributed by atoms with Gasteiger partial charge in [-0.2, -0.15) is 5.10 Å². The van der Waals surface area contributed by atoms with E-state index in [0.717, 1.165) is 0 Å². The summed E-state index contributed by atoms with van der Waals surface area (Å²) in [7, 11) is -3.63. The minimum absolute atomic E-state index is 0.0769. The molecule has 8 heteroatoms. The lowest BCUT2D eigenvalue weighted by Gasteiger charge is -2.04. The minimum Gasteiger partial charge on any atom is -0.329 e. The number of nitrogens with one attached hydrogen (secondary N) is 1. The van der Waals surface area contributed by atoms with Crippen molar-refractivity contribution in [3.8, 4) is 0 Å². The molecule has 6 nitrogen and oxygen atoms in total. The van der Waals surface area contributed by atoms with Crippen molar-refractivity contribution >= 4 is 10.0 Å². The van der Waals surface area contributed by atoms with E-state index >= 15 is 0 Å². The highest BCUT2D eigenvalue weighted by Crippen LogP contribution is 2.09. The van der Waals surface area contributed by atoms with Crippen LogP contribution in [0.15, 0.2) is 41.6 Å². The molecule has 108 valence electrons. The molecular weight excluding hydrogens is 283 g/mol. The molecule has 0 spiro atoms. The molecule has 0 fully saturated rings. The van der Waals surface area contributed by atoms with Gasteiger partial charge in [0, 0.05) is 19.3 Å². The maximum Gasteiger partial charge on any atom is 0.243 e. The SMILES string of the molecule is NCCn1cc(S(=O)(=O)NCc2ccc(F)cc2)cn1. The highest BCUT2D eigenvalue weighted by Gasteiger charge is 2.16. The summed E-state index contributed by atoms with van der Waals surface area (Å²) in [5.74, 6) is -0.361. The molecule has 0 saturated carbocycles. The number of benzene rings is 1. The molecule has 1 aromatic heterocycles. The molecule has 0 aliphatic rings. The van der Waals surface area contributed by atoms with E-state index in [9.17, 15) is 12.8 Å². The predicted octanol–water partition coefficient (Wildman–Crippen LogP) is 0.459. The number of hydrogen-bond donors (Lipinski definition) is 2. The first-order valence-corrected chi connectivity index (χ1v) is 7.46. The van der Waals surface area contributed by atoms with Crippen LogP contribution >= 0.6 is 0 Å². The Morgan fingerprint density at radius 1 is 1.30 bits per heavy atom. The number of hydrogen-bond acceptors (Lipinski definition) is 4. The molecule has 2 rings (SSSR count). The van der Waals surface area contributed by atoms with Gasteiger partial charge in [-0.15, -0.1) is 0 Å². The molecule has 2 aromatic rings. The summed E-state index contributed by atoms with van der Waals surface area (Å²) < 4.78 is 40.7. The largest absolute Gasteiger partial charge is 0.329 e. The van der Waals surface area contributed by atoms with Crippen LogP contribution in [0.2, 0.25) is 0 Å². The highest BCUT2D eigenvalue weighted by molar-refractivity contribution is 7.89. The Morgan fingerprint density at radius 2 is 2.00 bits per heavy atom. The standard InChI is InChI=1S/C12H15FN4O2S/c13-11-3-1-10(2-4-11)7-16-20(18,19)12-8-15-17(9-12)6-5-14/h1-4,8-9,16H,5-7,14H2. The molecule has 0 saturated heterocycles. The molecular formula is C12H15FN4O2S. The third-order valence-electron chi connectivity index (χ3n) is 2.66. The van der Waals surface area contributed by atoms with E-state index in [4.69, 9.17) is 5.73 Å². The van der Waals surface area contributed by atoms with Crippen LogP contribution in [0.25, 0.3) is 0 Å². The molecule has 0 atom stereocenters. The van der Waals surface area contributed by atoms with Crippen molar-refractivity contribution in [2.45, 2.75) is 18.0 Å². The van der Waals surface area contributed by atoms with Crippen molar-refractivity contribution in [2.75, 3.05) is 6.54 Å². The lowest BCUT2D eigenvalue weighted by Crippen LogP contribution is -2.23. The summed E-state index contributed by atoms with van der Waals surface area (Å²) in [4.78, 5) is 0.0769. The fourth-order valence-corrected chi connectivity index (χ4v) is 2.57. The average molecular weight is 298 g/mol. The summed E-state index contributed by atoms with van der Waals surface area (Å²) >= 11 is 0. The highest BCUT2D eigenvalue weighted by atomic mass is 32.2. The van der Waals surface area contributed by atoms with Gasteiger partial charge in [0.15, 0.2) is 0 Å². The van der Waals surface area contributed by atoms with Gasteiger partial charge in [0.25, 0.3) is 0 Å². The van der Waals surface area contributed by atoms with Crippen LogP contribution in [0.3, 0.4) is 0 Å². The second kappa shape index (κ2) is 6.12. The van der Waals surface area contributed by atoms with Crippen LogP contribution < -0.4 is 10.5 Å². The van der Waals surface area contributed by atoms with Crippen molar-refractivity contribution < 1.29 is 12.8 Å². The number of rotatable bonds is 6. The second-order valence-corrected chi connectivity index (χ2v) is 5.95. The van der Waals surface area contributed by atoms with Gasteiger partial charge in [0.05, 0.1) is 12.7 Å². The van der Waals surface area contributed by atoms with E-state index in [0.29, 0.717) is 18.7 Å². The van der Waals surface area contributed by atoms with E-state index in [-0.39, 0.29) is 17.3 Å². The van der Waals surface area contributed by atoms with E-state index in [1.54, 1.807) is 0 Å². The van der Waals surface area contributed by atoms with Crippen LogP contribution in [-0.2, 0) is 23.1 Å². The van der Waals surface area contributed by atoms with E-state index in [2.05, 4.69) is 9.82 Å². The Kier molecular flexibility index (Phi) is 4.48. The van der Waals surface area contributed by atoms with Gasteiger partial charge in [-0.1, -0.05) is 12.1 Å². The van der Waals surface area contributed by atoms with Crippen LogP contribution in [0, 0.1) is 5.82 Å². The molecule has 0 aliphatic heterocycles. The Balaban J connectivity index is 2.04. The molecule has 3 N–H and O–H groups in total. The molecule has 20 heavy (non-hydrogen) atoms. The summed E-state index contributed by atoms with van der Waals surface area (Å²) in [5.41, 5.74) is 6.04. The fourth-order valence-electron chi connectivity index (χ4n) is 1.60. The normalized spacial score (nSPS) is 11.7. The van der Waals surface area contributed by atoms with Crippen molar-refractivity contribution in [1.29, 1.82) is 0 Å². The Labute approximate surface area is 116 Å². The lowest BCUT2D eigenvalue weighted by molar-refractivity contribution is 0.580. The van der Waals surface area contributed by atoms with Gasteiger partial charge in [-0.25, -0.2) is 17.5 Å². The average Bonchev–Trinajstić information content (AvgIpc) is 2.88. The first-order valence-electron chi connectivity index (χ1n) is 5.98. The van der Waals surface area contributed by atoms with E-state index < -0.39 is 10.0 Å². The maximum absolute atomic E-state index is 12.7. The van der Waals surface area contributed by atoms with Gasteiger partial charge in [0.2, 0.25) is 10.0 Å². The zero-order valence-electron chi connectivity index (χ0n) is 10.7. The lowest BCUT2D eigenvalue weighted by atomic mass is 10.2. The quantitative estimate of drug-likeness (QED) is 0.810. The van der Waals surface area contributed by atoms with Crippen LogP contribution in [-0.4, -0.2) is 24.7 Å². The zero-order chi connectivity index (χ0) is 14.6. The van der Waals surface area contributed by atoms with E-state index in [1.165, 1.54) is 41.3 Å². The van der Waals surface area contributed by atoms with Gasteiger partial charge < -0.3 is 5.73 Å². The molecule has 0 aliphatic carbocycles. The van der Waals surface area contributed by atoms with Gasteiger partial charge in [0.1, 0.15) is 10.7 Å². The van der Waals surface area contributed by atoms with Crippen molar-refractivity contribution in [2.24, 2.45) is 5.73 Å². The molecule has 0 unspecified atom stereocenters. The Bertz CT molecular complexity index is 667. The number of halogens is 1. The predicted molar refractivity (Wildman–Crippen MR) is 71.7 cm³/mol. The third-order valence-corrected chi connectivity index (χ3v) is 4.01. The number of sulfonamides is 1. The van der Waals surface area contributed by atoms with Crippen LogP contribution in [0.5, 0.6) is 0 Å². The number of nitrogens with zero attached hydrogens (tertiary/aromatic N) is 2. The van der Waals surface area contributed by atoms with Gasteiger partial charge in [-0.05, 0) is 17.7 Å². The minimum atomic E-state index is -3.63. The molecule has 1 heterocycles. The number of aromatic nitrogens is 2. The summed E-state index contributed by atoms with van der Waals surface area (Å²) in [6, 6.07) is 5.61. The number of nitrogens with two attached hydrogens (primary N) is 1. The topological polar surface area (TPSA) is 90.0 Å². The Morgan fingerprint density at radius 3 is 2.65 bits per heavy atom. The fraction of sp³-hybridized carbons (Fsp3) is 0.250. The maximum atomic E-state index is 12.7.